The van der Waals surface area contributed by atoms with Crippen molar-refractivity contribution in [1.29, 1.82) is 0 Å². The van der Waals surface area contributed by atoms with Gasteiger partial charge in [-0.05, 0) is 68.2 Å². The molecule has 0 N–H and O–H groups in total. The summed E-state index contributed by atoms with van der Waals surface area (Å²) in [5.74, 6) is 0.0843. The summed E-state index contributed by atoms with van der Waals surface area (Å²) >= 11 is 0. The highest BCUT2D eigenvalue weighted by Gasteiger charge is 2.35. The first-order valence-electron chi connectivity index (χ1n) is 11.3. The number of piperidine rings is 2. The summed E-state index contributed by atoms with van der Waals surface area (Å²) in [6.07, 6.45) is 9.31. The number of fused-ring (bicyclic) bond motifs is 1. The average Bonchev–Trinajstić information content (AvgIpc) is 3.50. The van der Waals surface area contributed by atoms with E-state index in [2.05, 4.69) is 10.1 Å². The van der Waals surface area contributed by atoms with Crippen molar-refractivity contribution in [3.63, 3.8) is 0 Å². The van der Waals surface area contributed by atoms with Gasteiger partial charge in [0.25, 0.3) is 0 Å². The second-order valence-electron chi connectivity index (χ2n) is 8.89. The molecule has 166 valence electrons. The highest BCUT2D eigenvalue weighted by Crippen LogP contribution is 2.30. The molecular formula is C22H29N5O3S. The van der Waals surface area contributed by atoms with Crippen LogP contribution in [-0.4, -0.2) is 64.5 Å². The smallest absolute Gasteiger partial charge is 0.243 e. The lowest BCUT2D eigenvalue weighted by atomic mass is 9.95. The second kappa shape index (κ2) is 8.35. The maximum atomic E-state index is 13.1. The van der Waals surface area contributed by atoms with E-state index in [1.165, 1.54) is 11.1 Å². The van der Waals surface area contributed by atoms with Crippen LogP contribution in [0.4, 0.5) is 0 Å². The van der Waals surface area contributed by atoms with Crippen molar-refractivity contribution in [3.05, 3.63) is 42.0 Å². The van der Waals surface area contributed by atoms with E-state index < -0.39 is 10.0 Å². The van der Waals surface area contributed by atoms with E-state index in [-0.39, 0.29) is 11.8 Å². The first-order valence-corrected chi connectivity index (χ1v) is 12.7. The summed E-state index contributed by atoms with van der Waals surface area (Å²) in [6, 6.07) is 5.87. The topological polar surface area (TPSA) is 88.4 Å². The third kappa shape index (κ3) is 4.01. The molecule has 3 heterocycles. The van der Waals surface area contributed by atoms with Crippen molar-refractivity contribution < 1.29 is 13.2 Å². The highest BCUT2D eigenvalue weighted by molar-refractivity contribution is 7.89. The average molecular weight is 444 g/mol. The van der Waals surface area contributed by atoms with Crippen LogP contribution in [0.2, 0.25) is 0 Å². The number of carbonyl (C=O) groups excluding carboxylic acids is 1. The molecule has 2 fully saturated rings. The van der Waals surface area contributed by atoms with Crippen molar-refractivity contribution in [3.8, 4) is 0 Å². The Labute approximate surface area is 183 Å². The lowest BCUT2D eigenvalue weighted by Crippen LogP contribution is -2.46. The molecule has 31 heavy (non-hydrogen) atoms. The molecule has 2 aromatic rings. The first-order chi connectivity index (χ1) is 15.0. The van der Waals surface area contributed by atoms with Crippen molar-refractivity contribution in [2.45, 2.75) is 55.9 Å². The van der Waals surface area contributed by atoms with Gasteiger partial charge in [0.05, 0.1) is 10.9 Å². The zero-order chi connectivity index (χ0) is 21.4. The minimum Gasteiger partial charge on any atom is -0.342 e. The maximum absolute atomic E-state index is 13.1. The van der Waals surface area contributed by atoms with E-state index >= 15 is 0 Å². The van der Waals surface area contributed by atoms with Crippen LogP contribution in [0.1, 0.15) is 49.3 Å². The van der Waals surface area contributed by atoms with Crippen molar-refractivity contribution in [1.82, 2.24) is 24.0 Å². The van der Waals surface area contributed by atoms with E-state index in [0.717, 1.165) is 45.2 Å². The van der Waals surface area contributed by atoms with Gasteiger partial charge in [-0.1, -0.05) is 6.07 Å². The van der Waals surface area contributed by atoms with Crippen LogP contribution in [0.15, 0.2) is 35.7 Å². The molecule has 8 nitrogen and oxygen atoms in total. The van der Waals surface area contributed by atoms with Crippen LogP contribution in [-0.2, 0) is 27.7 Å². The van der Waals surface area contributed by atoms with Gasteiger partial charge in [0, 0.05) is 32.1 Å². The van der Waals surface area contributed by atoms with Crippen LogP contribution in [0, 0.1) is 5.92 Å². The zero-order valence-corrected chi connectivity index (χ0v) is 18.5. The zero-order valence-electron chi connectivity index (χ0n) is 17.7. The van der Waals surface area contributed by atoms with Gasteiger partial charge in [-0.15, -0.1) is 0 Å². The molecule has 0 bridgehead atoms. The SMILES string of the molecule is O=C(C1CCN(S(=O)(=O)c2ccc3c(c2)CCC3)CC1)N1CCC(n2cncn2)CC1. The molecule has 1 amide bonds. The molecule has 1 aromatic heterocycles. The summed E-state index contributed by atoms with van der Waals surface area (Å²) in [5.41, 5.74) is 2.44. The van der Waals surface area contributed by atoms with Gasteiger partial charge in [0.15, 0.2) is 0 Å². The van der Waals surface area contributed by atoms with Crippen LogP contribution >= 0.6 is 0 Å². The molecule has 0 atom stereocenters. The fraction of sp³-hybridized carbons (Fsp3) is 0.591. The number of nitrogens with zero attached hydrogens (tertiary/aromatic N) is 5. The number of rotatable bonds is 4. The fourth-order valence-electron chi connectivity index (χ4n) is 5.22. The second-order valence-corrected chi connectivity index (χ2v) is 10.8. The van der Waals surface area contributed by atoms with Crippen molar-refractivity contribution >= 4 is 15.9 Å². The number of aromatic nitrogens is 3. The molecule has 0 spiro atoms. The summed E-state index contributed by atoms with van der Waals surface area (Å²) in [5, 5.41) is 4.21. The number of likely N-dealkylation sites (tertiary alicyclic amines) is 1. The van der Waals surface area contributed by atoms with Crippen molar-refractivity contribution in [2.75, 3.05) is 26.2 Å². The van der Waals surface area contributed by atoms with E-state index in [0.29, 0.717) is 36.9 Å². The Bertz CT molecular complexity index is 1040. The Hall–Kier alpha value is -2.26. The monoisotopic (exact) mass is 443 g/mol. The molecule has 0 saturated carbocycles. The Kier molecular flexibility index (Phi) is 5.56. The van der Waals surface area contributed by atoms with Gasteiger partial charge in [0.1, 0.15) is 12.7 Å². The molecule has 2 saturated heterocycles. The van der Waals surface area contributed by atoms with E-state index in [1.807, 2.05) is 21.7 Å². The normalized spacial score (nSPS) is 21.4. The van der Waals surface area contributed by atoms with Gasteiger partial charge in [-0.25, -0.2) is 18.1 Å². The molecule has 5 rings (SSSR count). The van der Waals surface area contributed by atoms with E-state index in [1.54, 1.807) is 23.0 Å². The Morgan fingerprint density at radius 2 is 1.71 bits per heavy atom. The summed E-state index contributed by atoms with van der Waals surface area (Å²) in [7, 11) is -3.50. The molecule has 2 aliphatic heterocycles. The number of sulfonamides is 1. The van der Waals surface area contributed by atoms with E-state index in [9.17, 15) is 13.2 Å². The predicted octanol–water partition coefficient (Wildman–Crippen LogP) is 2.03. The van der Waals surface area contributed by atoms with Gasteiger partial charge >= 0.3 is 0 Å². The van der Waals surface area contributed by atoms with Gasteiger partial charge in [0.2, 0.25) is 15.9 Å². The number of carbonyl (C=O) groups is 1. The van der Waals surface area contributed by atoms with Crippen LogP contribution < -0.4 is 0 Å². The summed E-state index contributed by atoms with van der Waals surface area (Å²) in [6.45, 7) is 2.25. The fourth-order valence-corrected chi connectivity index (χ4v) is 6.74. The number of hydrogen-bond acceptors (Lipinski definition) is 5. The third-order valence-electron chi connectivity index (χ3n) is 7.10. The third-order valence-corrected chi connectivity index (χ3v) is 8.99. The quantitative estimate of drug-likeness (QED) is 0.722. The lowest BCUT2D eigenvalue weighted by molar-refractivity contribution is -0.138. The van der Waals surface area contributed by atoms with Crippen LogP contribution in [0.3, 0.4) is 0 Å². The number of aryl methyl sites for hydroxylation is 2. The highest BCUT2D eigenvalue weighted by atomic mass is 32.2. The van der Waals surface area contributed by atoms with E-state index in [4.69, 9.17) is 0 Å². The van der Waals surface area contributed by atoms with Crippen molar-refractivity contribution in [2.24, 2.45) is 5.92 Å². The number of amides is 1. The molecule has 9 heteroatoms. The number of benzene rings is 1. The molecule has 0 radical (unpaired) electrons. The Morgan fingerprint density at radius 1 is 0.968 bits per heavy atom. The molecule has 1 aliphatic carbocycles. The summed E-state index contributed by atoms with van der Waals surface area (Å²) < 4.78 is 29.7. The molecule has 1 aromatic carbocycles. The molecular weight excluding hydrogens is 414 g/mol. The minimum atomic E-state index is -3.50. The number of hydrogen-bond donors (Lipinski definition) is 0. The van der Waals surface area contributed by atoms with Crippen LogP contribution in [0.5, 0.6) is 0 Å². The first kappa shape index (κ1) is 20.6. The van der Waals surface area contributed by atoms with Gasteiger partial charge < -0.3 is 4.90 Å². The molecule has 0 unspecified atom stereocenters. The standard InChI is InChI=1S/C22H29N5O3S/c28-22(25-10-8-20(9-11-25)27-16-23-15-24-27)18-6-12-26(13-7-18)31(29,30)21-5-4-17-2-1-3-19(17)14-21/h4-5,14-16,18,20H,1-3,6-13H2. The Balaban J connectivity index is 1.17. The predicted molar refractivity (Wildman–Crippen MR) is 115 cm³/mol. The maximum Gasteiger partial charge on any atom is 0.243 e. The molecule has 3 aliphatic rings. The van der Waals surface area contributed by atoms with Gasteiger partial charge in [-0.2, -0.15) is 9.40 Å². The largest absolute Gasteiger partial charge is 0.342 e. The Morgan fingerprint density at radius 3 is 2.42 bits per heavy atom. The summed E-state index contributed by atoms with van der Waals surface area (Å²) in [4.78, 5) is 19.4. The minimum absolute atomic E-state index is 0.0885. The van der Waals surface area contributed by atoms with Crippen LogP contribution in [0.25, 0.3) is 0 Å². The van der Waals surface area contributed by atoms with Gasteiger partial charge in [-0.3, -0.25) is 4.79 Å². The lowest BCUT2D eigenvalue weighted by Gasteiger charge is -2.37.